The molecule has 0 aliphatic carbocycles. The normalized spacial score (nSPS) is 11.0. The summed E-state index contributed by atoms with van der Waals surface area (Å²) in [4.78, 5) is 12.4. The zero-order valence-electron chi connectivity index (χ0n) is 15.1. The van der Waals surface area contributed by atoms with E-state index in [0.29, 0.717) is 26.8 Å². The molecular weight excluding hydrogens is 572 g/mol. The molecule has 10 heteroatoms. The maximum atomic E-state index is 12.4. The second-order valence-corrected chi connectivity index (χ2v) is 8.53. The topological polar surface area (TPSA) is 88.7 Å². The van der Waals surface area contributed by atoms with Crippen LogP contribution < -0.4 is 10.2 Å². The van der Waals surface area contributed by atoms with E-state index >= 15 is 0 Å². The highest BCUT2D eigenvalue weighted by Gasteiger charge is 2.15. The molecule has 0 unspecified atom stereocenters. The summed E-state index contributed by atoms with van der Waals surface area (Å²) in [7, 11) is 1.46. The number of ether oxygens (including phenoxy) is 1. The molecule has 1 heterocycles. The van der Waals surface area contributed by atoms with Crippen LogP contribution in [0.2, 0.25) is 0 Å². The van der Waals surface area contributed by atoms with Gasteiger partial charge in [-0.2, -0.15) is 10.2 Å². The summed E-state index contributed by atoms with van der Waals surface area (Å²) in [6.07, 6.45) is 3.15. The minimum Gasteiger partial charge on any atom is -0.504 e. The van der Waals surface area contributed by atoms with Gasteiger partial charge in [0, 0.05) is 10.7 Å². The molecule has 0 radical (unpaired) electrons. The fraction of sp³-hybridized carbons (Fsp3) is 0.105. The van der Waals surface area contributed by atoms with E-state index in [4.69, 9.17) is 4.74 Å². The van der Waals surface area contributed by atoms with Gasteiger partial charge in [-0.05, 0) is 67.3 Å². The van der Waals surface area contributed by atoms with Crippen LogP contribution in [0.5, 0.6) is 11.5 Å². The number of aromatic hydroxyl groups is 1. The van der Waals surface area contributed by atoms with E-state index in [1.54, 1.807) is 16.9 Å². The largest absolute Gasteiger partial charge is 0.504 e. The lowest BCUT2D eigenvalue weighted by molar-refractivity contribution is 0.0948. The summed E-state index contributed by atoms with van der Waals surface area (Å²) in [5.41, 5.74) is 4.28. The summed E-state index contributed by atoms with van der Waals surface area (Å²) in [5.74, 6) is -0.171. The summed E-state index contributed by atoms with van der Waals surface area (Å²) in [5, 5.41) is 18.1. The molecule has 29 heavy (non-hydrogen) atoms. The van der Waals surface area contributed by atoms with E-state index in [1.165, 1.54) is 19.4 Å². The van der Waals surface area contributed by atoms with Crippen molar-refractivity contribution in [2.45, 2.75) is 6.54 Å². The number of hydrazone groups is 1. The fourth-order valence-electron chi connectivity index (χ4n) is 2.50. The number of phenols is 1. The molecule has 150 valence electrons. The first-order valence-electron chi connectivity index (χ1n) is 8.24. The van der Waals surface area contributed by atoms with Gasteiger partial charge >= 0.3 is 0 Å². The standard InChI is InChI=1S/C19H15Br3N4O3/c1-29-18-14(21)6-12(7-16(18)27)8-23-24-19(28)17-15(22)10-26(25-17)9-11-2-4-13(20)5-3-11/h2-8,10,27H,9H2,1H3,(H,24,28)/b23-8-. The van der Waals surface area contributed by atoms with Crippen molar-refractivity contribution in [2.75, 3.05) is 7.11 Å². The Labute approximate surface area is 192 Å². The zero-order chi connectivity index (χ0) is 21.0. The first-order valence-corrected chi connectivity index (χ1v) is 10.6. The fourth-order valence-corrected chi connectivity index (χ4v) is 3.89. The van der Waals surface area contributed by atoms with Gasteiger partial charge in [-0.15, -0.1) is 0 Å². The van der Waals surface area contributed by atoms with E-state index in [9.17, 15) is 9.90 Å². The first kappa shape index (κ1) is 21.5. The SMILES string of the molecule is COc1c(O)cc(/C=N\NC(=O)c2nn(Cc3ccc(Br)cc3)cc2Br)cc1Br. The third-order valence-corrected chi connectivity index (χ3v) is 5.52. The van der Waals surface area contributed by atoms with Gasteiger partial charge in [0.15, 0.2) is 17.2 Å². The van der Waals surface area contributed by atoms with E-state index in [1.807, 2.05) is 24.3 Å². The average molecular weight is 587 g/mol. The van der Waals surface area contributed by atoms with Gasteiger partial charge in [0.05, 0.1) is 28.8 Å². The molecule has 2 aromatic carbocycles. The van der Waals surface area contributed by atoms with Gasteiger partial charge in [-0.3, -0.25) is 9.48 Å². The molecule has 0 aliphatic heterocycles. The summed E-state index contributed by atoms with van der Waals surface area (Å²) in [6.45, 7) is 0.529. The lowest BCUT2D eigenvalue weighted by Crippen LogP contribution is -2.19. The number of nitrogens with zero attached hydrogens (tertiary/aromatic N) is 3. The van der Waals surface area contributed by atoms with Crippen LogP contribution in [0, 0.1) is 0 Å². The second-order valence-electron chi connectivity index (χ2n) is 5.90. The molecule has 0 bridgehead atoms. The van der Waals surface area contributed by atoms with Crippen LogP contribution >= 0.6 is 47.8 Å². The number of carbonyl (C=O) groups excluding carboxylic acids is 1. The number of methoxy groups -OCH3 is 1. The third kappa shape index (κ3) is 5.46. The molecular formula is C19H15Br3N4O3. The van der Waals surface area contributed by atoms with E-state index < -0.39 is 5.91 Å². The minimum atomic E-state index is -0.459. The summed E-state index contributed by atoms with van der Waals surface area (Å²) >= 11 is 10.1. The maximum absolute atomic E-state index is 12.4. The predicted molar refractivity (Wildman–Crippen MR) is 121 cm³/mol. The van der Waals surface area contributed by atoms with Crippen molar-refractivity contribution in [3.8, 4) is 11.5 Å². The van der Waals surface area contributed by atoms with Gasteiger partial charge in [0.1, 0.15) is 0 Å². The Morgan fingerprint density at radius 1 is 1.24 bits per heavy atom. The molecule has 2 N–H and O–H groups in total. The van der Waals surface area contributed by atoms with Crippen LogP contribution in [0.1, 0.15) is 21.6 Å². The predicted octanol–water partition coefficient (Wildman–Crippen LogP) is 4.70. The second kappa shape index (κ2) is 9.55. The smallest absolute Gasteiger partial charge is 0.293 e. The molecule has 3 rings (SSSR count). The van der Waals surface area contributed by atoms with Crippen LogP contribution in [0.4, 0.5) is 0 Å². The van der Waals surface area contributed by atoms with Crippen LogP contribution in [0.15, 0.2) is 61.1 Å². The highest BCUT2D eigenvalue weighted by atomic mass is 79.9. The van der Waals surface area contributed by atoms with Gasteiger partial charge < -0.3 is 9.84 Å². The highest BCUT2D eigenvalue weighted by Crippen LogP contribution is 2.34. The van der Waals surface area contributed by atoms with Crippen molar-refractivity contribution >= 4 is 59.9 Å². The van der Waals surface area contributed by atoms with E-state index in [-0.39, 0.29) is 11.4 Å². The third-order valence-electron chi connectivity index (χ3n) is 3.82. The lowest BCUT2D eigenvalue weighted by Gasteiger charge is -2.06. The molecule has 0 saturated carbocycles. The number of hydrogen-bond donors (Lipinski definition) is 2. The lowest BCUT2D eigenvalue weighted by atomic mass is 10.2. The Morgan fingerprint density at radius 3 is 2.62 bits per heavy atom. The number of carbonyl (C=O) groups is 1. The van der Waals surface area contributed by atoms with Crippen LogP contribution in [-0.2, 0) is 6.54 Å². The zero-order valence-corrected chi connectivity index (χ0v) is 19.8. The minimum absolute atomic E-state index is 0.0379. The Hall–Kier alpha value is -2.17. The maximum Gasteiger partial charge on any atom is 0.293 e. The number of hydrogen-bond acceptors (Lipinski definition) is 5. The number of phenolic OH excluding ortho intramolecular Hbond substituents is 1. The van der Waals surface area contributed by atoms with Crippen molar-refractivity contribution in [1.82, 2.24) is 15.2 Å². The molecule has 1 amide bonds. The van der Waals surface area contributed by atoms with Crippen molar-refractivity contribution in [1.29, 1.82) is 0 Å². The van der Waals surface area contributed by atoms with E-state index in [0.717, 1.165) is 10.0 Å². The average Bonchev–Trinajstić information content (AvgIpc) is 3.03. The highest BCUT2D eigenvalue weighted by molar-refractivity contribution is 9.11. The first-order chi connectivity index (χ1) is 13.9. The van der Waals surface area contributed by atoms with Crippen molar-refractivity contribution in [3.05, 3.63) is 72.8 Å². The van der Waals surface area contributed by atoms with Crippen LogP contribution in [0.3, 0.4) is 0 Å². The molecule has 0 fully saturated rings. The Balaban J connectivity index is 1.67. The van der Waals surface area contributed by atoms with Crippen LogP contribution in [-0.4, -0.2) is 34.1 Å². The number of aromatic nitrogens is 2. The van der Waals surface area contributed by atoms with Gasteiger partial charge in [-0.25, -0.2) is 5.43 Å². The molecule has 7 nitrogen and oxygen atoms in total. The number of amides is 1. The molecule has 3 aromatic rings. The Bertz CT molecular complexity index is 1040. The van der Waals surface area contributed by atoms with Crippen molar-refractivity contribution in [2.24, 2.45) is 5.10 Å². The molecule has 0 saturated heterocycles. The van der Waals surface area contributed by atoms with Gasteiger partial charge in [0.25, 0.3) is 5.91 Å². The van der Waals surface area contributed by atoms with Crippen LogP contribution in [0.25, 0.3) is 0 Å². The molecule has 1 aromatic heterocycles. The number of rotatable bonds is 6. The quantitative estimate of drug-likeness (QED) is 0.324. The molecule has 0 atom stereocenters. The summed E-state index contributed by atoms with van der Waals surface area (Å²) < 4.78 is 8.87. The van der Waals surface area contributed by atoms with Crippen molar-refractivity contribution < 1.29 is 14.6 Å². The number of benzene rings is 2. The van der Waals surface area contributed by atoms with E-state index in [2.05, 4.69) is 63.4 Å². The van der Waals surface area contributed by atoms with Gasteiger partial charge in [-0.1, -0.05) is 28.1 Å². The van der Waals surface area contributed by atoms with Gasteiger partial charge in [0.2, 0.25) is 0 Å². The molecule has 0 aliphatic rings. The molecule has 0 spiro atoms. The Kier molecular flexibility index (Phi) is 7.09. The van der Waals surface area contributed by atoms with Crippen molar-refractivity contribution in [3.63, 3.8) is 0 Å². The number of nitrogens with one attached hydrogen (secondary N) is 1. The Morgan fingerprint density at radius 2 is 1.97 bits per heavy atom. The monoisotopic (exact) mass is 584 g/mol. The summed E-state index contributed by atoms with van der Waals surface area (Å²) in [6, 6.07) is 11.0. The number of halogens is 3.